The van der Waals surface area contributed by atoms with Crippen LogP contribution in [0.25, 0.3) is 0 Å². The first-order valence-corrected chi connectivity index (χ1v) is 5.76. The molecule has 1 amide bonds. The number of pyridine rings is 1. The Labute approximate surface area is 109 Å². The highest BCUT2D eigenvalue weighted by Gasteiger charge is 2.10. The molecule has 0 aromatic carbocycles. The van der Waals surface area contributed by atoms with Gasteiger partial charge < -0.3 is 15.5 Å². The molecule has 0 aliphatic rings. The number of furan rings is 1. The van der Waals surface area contributed by atoms with E-state index in [1.807, 2.05) is 6.07 Å². The van der Waals surface area contributed by atoms with Crippen LogP contribution in [0.15, 0.2) is 35.1 Å². The molecule has 0 atom stereocenters. The summed E-state index contributed by atoms with van der Waals surface area (Å²) < 4.78 is 5.16. The molecule has 0 fully saturated rings. The number of amides is 1. The maximum Gasteiger partial charge on any atom is 0.253 e. The number of rotatable bonds is 4. The summed E-state index contributed by atoms with van der Waals surface area (Å²) in [4.78, 5) is 15.6. The monoisotopic (exact) mass is 265 g/mol. The van der Waals surface area contributed by atoms with Gasteiger partial charge in [-0.05, 0) is 18.2 Å². The van der Waals surface area contributed by atoms with Crippen LogP contribution in [-0.2, 0) is 6.42 Å². The zero-order valence-electron chi connectivity index (χ0n) is 9.52. The summed E-state index contributed by atoms with van der Waals surface area (Å²) in [5, 5.41) is 2.98. The normalized spacial score (nSPS) is 10.3. The number of aromatic nitrogens is 1. The fourth-order valence-corrected chi connectivity index (χ4v) is 1.64. The van der Waals surface area contributed by atoms with Gasteiger partial charge >= 0.3 is 0 Å². The molecule has 6 heteroatoms. The number of nitrogens with zero attached hydrogens (tertiary/aromatic N) is 1. The number of anilines is 1. The summed E-state index contributed by atoms with van der Waals surface area (Å²) in [6, 6.07) is 5.10. The molecule has 5 nitrogen and oxygen atoms in total. The Morgan fingerprint density at radius 1 is 1.56 bits per heavy atom. The largest absolute Gasteiger partial charge is 0.469 e. The summed E-state index contributed by atoms with van der Waals surface area (Å²) in [5.74, 6) is 0.541. The average molecular weight is 266 g/mol. The quantitative estimate of drug-likeness (QED) is 0.827. The van der Waals surface area contributed by atoms with Crippen LogP contribution >= 0.6 is 11.6 Å². The SMILES string of the molecule is Nc1cnc(Cl)cc1C(=O)NCCc1ccco1. The van der Waals surface area contributed by atoms with Crippen molar-refractivity contribution in [3.63, 3.8) is 0 Å². The lowest BCUT2D eigenvalue weighted by atomic mass is 10.2. The van der Waals surface area contributed by atoms with Gasteiger partial charge in [0.15, 0.2) is 0 Å². The lowest BCUT2D eigenvalue weighted by Crippen LogP contribution is -2.26. The van der Waals surface area contributed by atoms with Gasteiger partial charge in [0.05, 0.1) is 23.7 Å². The van der Waals surface area contributed by atoms with E-state index in [0.29, 0.717) is 24.2 Å². The van der Waals surface area contributed by atoms with Gasteiger partial charge in [-0.25, -0.2) is 4.98 Å². The number of nitrogens with two attached hydrogens (primary N) is 1. The Morgan fingerprint density at radius 2 is 2.39 bits per heavy atom. The molecular formula is C12H12ClN3O2. The number of nitrogens with one attached hydrogen (secondary N) is 1. The maximum absolute atomic E-state index is 11.8. The molecule has 0 aliphatic carbocycles. The van der Waals surface area contributed by atoms with Crippen molar-refractivity contribution in [3.05, 3.63) is 47.1 Å². The lowest BCUT2D eigenvalue weighted by Gasteiger charge is -2.06. The van der Waals surface area contributed by atoms with Gasteiger partial charge in [0.2, 0.25) is 0 Å². The van der Waals surface area contributed by atoms with E-state index in [0.717, 1.165) is 5.76 Å². The fraction of sp³-hybridized carbons (Fsp3) is 0.167. The molecule has 0 radical (unpaired) electrons. The molecule has 2 aromatic heterocycles. The lowest BCUT2D eigenvalue weighted by molar-refractivity contribution is 0.0954. The van der Waals surface area contributed by atoms with Crippen molar-refractivity contribution in [2.45, 2.75) is 6.42 Å². The highest BCUT2D eigenvalue weighted by atomic mass is 35.5. The molecule has 0 saturated heterocycles. The van der Waals surface area contributed by atoms with Crippen LogP contribution in [0.2, 0.25) is 5.15 Å². The van der Waals surface area contributed by atoms with Gasteiger partial charge in [-0.15, -0.1) is 0 Å². The first-order valence-electron chi connectivity index (χ1n) is 5.38. The smallest absolute Gasteiger partial charge is 0.253 e. The molecule has 18 heavy (non-hydrogen) atoms. The van der Waals surface area contributed by atoms with Crippen molar-refractivity contribution in [2.75, 3.05) is 12.3 Å². The Bertz CT molecular complexity index is 540. The fourth-order valence-electron chi connectivity index (χ4n) is 1.49. The summed E-state index contributed by atoms with van der Waals surface area (Å²) in [5.41, 5.74) is 6.29. The summed E-state index contributed by atoms with van der Waals surface area (Å²) >= 11 is 5.71. The van der Waals surface area contributed by atoms with Crippen molar-refractivity contribution >= 4 is 23.2 Å². The van der Waals surface area contributed by atoms with Gasteiger partial charge in [0.25, 0.3) is 5.91 Å². The van der Waals surface area contributed by atoms with Crippen molar-refractivity contribution in [1.82, 2.24) is 10.3 Å². The highest BCUT2D eigenvalue weighted by Crippen LogP contribution is 2.14. The minimum absolute atomic E-state index is 0.236. The molecule has 0 bridgehead atoms. The predicted molar refractivity (Wildman–Crippen MR) is 68.4 cm³/mol. The molecular weight excluding hydrogens is 254 g/mol. The molecule has 2 rings (SSSR count). The van der Waals surface area contributed by atoms with Crippen LogP contribution in [0.5, 0.6) is 0 Å². The van der Waals surface area contributed by atoms with Crippen molar-refractivity contribution < 1.29 is 9.21 Å². The minimum Gasteiger partial charge on any atom is -0.469 e. The number of carbonyl (C=O) groups excluding carboxylic acids is 1. The summed E-state index contributed by atoms with van der Waals surface area (Å²) in [6.45, 7) is 0.464. The number of hydrogen-bond acceptors (Lipinski definition) is 4. The Morgan fingerprint density at radius 3 is 3.11 bits per heavy atom. The second-order valence-corrected chi connectivity index (χ2v) is 4.07. The van der Waals surface area contributed by atoms with Crippen LogP contribution in [0.3, 0.4) is 0 Å². The van der Waals surface area contributed by atoms with E-state index in [4.69, 9.17) is 21.8 Å². The number of carbonyl (C=O) groups is 1. The van der Waals surface area contributed by atoms with Gasteiger partial charge in [0, 0.05) is 13.0 Å². The Hall–Kier alpha value is -2.01. The summed E-state index contributed by atoms with van der Waals surface area (Å²) in [6.07, 6.45) is 3.58. The number of hydrogen-bond donors (Lipinski definition) is 2. The third-order valence-electron chi connectivity index (χ3n) is 2.38. The van der Waals surface area contributed by atoms with Crippen molar-refractivity contribution in [2.24, 2.45) is 0 Å². The predicted octanol–water partition coefficient (Wildman–Crippen LogP) is 1.88. The number of nitrogen functional groups attached to an aromatic ring is 1. The molecule has 0 saturated carbocycles. The summed E-state index contributed by atoms with van der Waals surface area (Å²) in [7, 11) is 0. The Balaban J connectivity index is 1.93. The van der Waals surface area contributed by atoms with Crippen LogP contribution in [-0.4, -0.2) is 17.4 Å². The molecule has 2 aromatic rings. The van der Waals surface area contributed by atoms with E-state index in [2.05, 4.69) is 10.3 Å². The zero-order chi connectivity index (χ0) is 13.0. The van der Waals surface area contributed by atoms with Crippen LogP contribution in [0, 0.1) is 0 Å². The van der Waals surface area contributed by atoms with Crippen LogP contribution in [0.1, 0.15) is 16.1 Å². The van der Waals surface area contributed by atoms with E-state index in [1.54, 1.807) is 12.3 Å². The molecule has 0 unspecified atom stereocenters. The minimum atomic E-state index is -0.275. The highest BCUT2D eigenvalue weighted by molar-refractivity contribution is 6.29. The number of halogens is 1. The molecule has 0 spiro atoms. The van der Waals surface area contributed by atoms with Gasteiger partial charge in [-0.3, -0.25) is 4.79 Å². The second-order valence-electron chi connectivity index (χ2n) is 3.68. The first kappa shape index (κ1) is 12.4. The molecule has 3 N–H and O–H groups in total. The standard InChI is InChI=1S/C12H12ClN3O2/c13-11-6-9(10(14)7-16-11)12(17)15-4-3-8-2-1-5-18-8/h1-2,5-7H,3-4,14H2,(H,15,17). The topological polar surface area (TPSA) is 81.1 Å². The molecule has 94 valence electrons. The molecule has 2 heterocycles. The van der Waals surface area contributed by atoms with Crippen molar-refractivity contribution in [3.8, 4) is 0 Å². The second kappa shape index (κ2) is 5.55. The van der Waals surface area contributed by atoms with Gasteiger partial charge in [-0.1, -0.05) is 11.6 Å². The third-order valence-corrected chi connectivity index (χ3v) is 2.59. The third kappa shape index (κ3) is 3.01. The van der Waals surface area contributed by atoms with Crippen LogP contribution < -0.4 is 11.1 Å². The first-order chi connectivity index (χ1) is 8.66. The van der Waals surface area contributed by atoms with E-state index >= 15 is 0 Å². The Kier molecular flexibility index (Phi) is 3.84. The van der Waals surface area contributed by atoms with E-state index in [1.165, 1.54) is 12.3 Å². The van der Waals surface area contributed by atoms with E-state index in [-0.39, 0.29) is 11.1 Å². The van der Waals surface area contributed by atoms with E-state index in [9.17, 15) is 4.79 Å². The van der Waals surface area contributed by atoms with Gasteiger partial charge in [0.1, 0.15) is 10.9 Å². The molecule has 0 aliphatic heterocycles. The van der Waals surface area contributed by atoms with Crippen LogP contribution in [0.4, 0.5) is 5.69 Å². The zero-order valence-corrected chi connectivity index (χ0v) is 10.3. The van der Waals surface area contributed by atoms with Gasteiger partial charge in [-0.2, -0.15) is 0 Å². The van der Waals surface area contributed by atoms with Crippen molar-refractivity contribution in [1.29, 1.82) is 0 Å². The van der Waals surface area contributed by atoms with E-state index < -0.39 is 0 Å². The maximum atomic E-state index is 11.8. The average Bonchev–Trinajstić information content (AvgIpc) is 2.85.